The lowest BCUT2D eigenvalue weighted by molar-refractivity contribution is -0.119. The molecule has 158 valence electrons. The topological polar surface area (TPSA) is 62.2 Å². The Balaban J connectivity index is 1.34. The second kappa shape index (κ2) is 8.55. The lowest BCUT2D eigenvalue weighted by atomic mass is 9.90. The van der Waals surface area contributed by atoms with E-state index in [1.54, 1.807) is 12.4 Å². The number of likely N-dealkylation sites (tertiary alicyclic amines) is 1. The molecule has 2 aliphatic rings. The molecule has 5 rings (SSSR count). The Morgan fingerprint density at radius 1 is 1.13 bits per heavy atom. The number of aryl methyl sites for hydroxylation is 1. The third-order valence-electron chi connectivity index (χ3n) is 6.37. The van der Waals surface area contributed by atoms with E-state index < -0.39 is 0 Å². The average molecular weight is 414 g/mol. The van der Waals surface area contributed by atoms with Crippen molar-refractivity contribution in [2.75, 3.05) is 31.1 Å². The Morgan fingerprint density at radius 2 is 1.97 bits per heavy atom. The standard InChI is InChI=1S/C25H27N5O/c1-18-27-15-22(19-8-11-26-12-9-19)25(28-18)21-6-4-13-29(16-21)17-24(31)30-14-10-20-5-2-3-7-23(20)30/h2-3,5,7-9,11-12,15,21H,4,6,10,13-14,16-17H2,1H3. The number of nitrogens with zero attached hydrogens (tertiary/aromatic N) is 5. The summed E-state index contributed by atoms with van der Waals surface area (Å²) >= 11 is 0. The van der Waals surface area contributed by atoms with Crippen LogP contribution in [0.25, 0.3) is 11.1 Å². The number of anilines is 1. The van der Waals surface area contributed by atoms with Crippen LogP contribution in [0.5, 0.6) is 0 Å². The largest absolute Gasteiger partial charge is 0.311 e. The maximum Gasteiger partial charge on any atom is 0.241 e. The first-order valence-corrected chi connectivity index (χ1v) is 11.0. The summed E-state index contributed by atoms with van der Waals surface area (Å²) in [5, 5.41) is 0. The maximum atomic E-state index is 13.1. The Bertz CT molecular complexity index is 1080. The highest BCUT2D eigenvalue weighted by Gasteiger charge is 2.29. The number of benzene rings is 1. The van der Waals surface area contributed by atoms with Gasteiger partial charge in [-0.15, -0.1) is 0 Å². The van der Waals surface area contributed by atoms with Crippen molar-refractivity contribution in [1.29, 1.82) is 0 Å². The second-order valence-corrected chi connectivity index (χ2v) is 8.45. The monoisotopic (exact) mass is 413 g/mol. The molecule has 0 radical (unpaired) electrons. The number of pyridine rings is 1. The minimum atomic E-state index is 0.193. The molecule has 1 aromatic carbocycles. The molecule has 6 nitrogen and oxygen atoms in total. The van der Waals surface area contributed by atoms with Gasteiger partial charge in [0.05, 0.1) is 12.2 Å². The molecule has 1 atom stereocenters. The molecular weight excluding hydrogens is 386 g/mol. The zero-order valence-electron chi connectivity index (χ0n) is 17.9. The number of rotatable bonds is 4. The van der Waals surface area contributed by atoms with E-state index in [1.165, 1.54) is 5.56 Å². The summed E-state index contributed by atoms with van der Waals surface area (Å²) in [6.07, 6.45) is 8.62. The van der Waals surface area contributed by atoms with Gasteiger partial charge in [-0.25, -0.2) is 9.97 Å². The number of carbonyl (C=O) groups is 1. The first-order valence-electron chi connectivity index (χ1n) is 11.0. The fourth-order valence-electron chi connectivity index (χ4n) is 4.85. The van der Waals surface area contributed by atoms with Crippen LogP contribution in [0, 0.1) is 6.92 Å². The Labute approximate surface area is 183 Å². The highest BCUT2D eigenvalue weighted by atomic mass is 16.2. The van der Waals surface area contributed by atoms with Gasteiger partial charge in [-0.1, -0.05) is 18.2 Å². The molecule has 4 heterocycles. The molecule has 0 saturated carbocycles. The summed E-state index contributed by atoms with van der Waals surface area (Å²) < 4.78 is 0. The molecule has 0 aliphatic carbocycles. The van der Waals surface area contributed by atoms with Crippen LogP contribution in [0.3, 0.4) is 0 Å². The van der Waals surface area contributed by atoms with E-state index in [1.807, 2.05) is 42.3 Å². The number of amides is 1. The third-order valence-corrected chi connectivity index (χ3v) is 6.37. The maximum absolute atomic E-state index is 13.1. The van der Waals surface area contributed by atoms with Crippen LogP contribution in [0.4, 0.5) is 5.69 Å². The van der Waals surface area contributed by atoms with Crippen molar-refractivity contribution in [1.82, 2.24) is 19.9 Å². The van der Waals surface area contributed by atoms with Crippen molar-refractivity contribution in [3.63, 3.8) is 0 Å². The molecule has 1 saturated heterocycles. The Kier molecular flexibility index (Phi) is 5.47. The molecule has 0 spiro atoms. The van der Waals surface area contributed by atoms with Gasteiger partial charge in [0, 0.05) is 48.8 Å². The molecular formula is C25H27N5O. The van der Waals surface area contributed by atoms with E-state index in [2.05, 4.69) is 27.0 Å². The van der Waals surface area contributed by atoms with E-state index in [4.69, 9.17) is 4.98 Å². The number of carbonyl (C=O) groups excluding carboxylic acids is 1. The van der Waals surface area contributed by atoms with Crippen molar-refractivity contribution in [2.24, 2.45) is 0 Å². The van der Waals surface area contributed by atoms with Crippen LogP contribution in [-0.4, -0.2) is 51.9 Å². The lowest BCUT2D eigenvalue weighted by Gasteiger charge is -2.33. The molecule has 3 aromatic rings. The average Bonchev–Trinajstić information content (AvgIpc) is 3.24. The van der Waals surface area contributed by atoms with E-state index >= 15 is 0 Å². The van der Waals surface area contributed by atoms with Gasteiger partial charge in [0.15, 0.2) is 0 Å². The van der Waals surface area contributed by atoms with Gasteiger partial charge in [0.2, 0.25) is 5.91 Å². The minimum Gasteiger partial charge on any atom is -0.311 e. The summed E-state index contributed by atoms with van der Waals surface area (Å²) in [7, 11) is 0. The Hall–Kier alpha value is -3.12. The molecule has 31 heavy (non-hydrogen) atoms. The van der Waals surface area contributed by atoms with Gasteiger partial charge in [-0.05, 0) is 62.1 Å². The fraction of sp³-hybridized carbons (Fsp3) is 0.360. The molecule has 1 amide bonds. The van der Waals surface area contributed by atoms with Gasteiger partial charge in [0.25, 0.3) is 0 Å². The first kappa shape index (κ1) is 19.8. The quantitative estimate of drug-likeness (QED) is 0.654. The first-order chi connectivity index (χ1) is 15.2. The SMILES string of the molecule is Cc1ncc(-c2ccncc2)c(C2CCCN(CC(=O)N3CCc4ccccc43)C2)n1. The summed E-state index contributed by atoms with van der Waals surface area (Å²) in [5.74, 6) is 1.27. The van der Waals surface area contributed by atoms with E-state index in [0.717, 1.165) is 67.2 Å². The lowest BCUT2D eigenvalue weighted by Crippen LogP contribution is -2.43. The van der Waals surface area contributed by atoms with Crippen molar-refractivity contribution in [3.8, 4) is 11.1 Å². The van der Waals surface area contributed by atoms with Crippen molar-refractivity contribution in [3.05, 3.63) is 72.1 Å². The number of fused-ring (bicyclic) bond motifs is 1. The molecule has 2 aliphatic heterocycles. The number of aromatic nitrogens is 3. The molecule has 1 fully saturated rings. The summed E-state index contributed by atoms with van der Waals surface area (Å²) in [6, 6.07) is 12.3. The number of hydrogen-bond donors (Lipinski definition) is 0. The predicted octanol–water partition coefficient (Wildman–Crippen LogP) is 3.62. The van der Waals surface area contributed by atoms with Gasteiger partial charge in [-0.3, -0.25) is 14.7 Å². The second-order valence-electron chi connectivity index (χ2n) is 8.45. The van der Waals surface area contributed by atoms with Crippen molar-refractivity contribution < 1.29 is 4.79 Å². The van der Waals surface area contributed by atoms with Gasteiger partial charge in [0.1, 0.15) is 5.82 Å². The van der Waals surface area contributed by atoms with E-state index in [-0.39, 0.29) is 11.8 Å². The van der Waals surface area contributed by atoms with Crippen LogP contribution in [0.2, 0.25) is 0 Å². The predicted molar refractivity (Wildman–Crippen MR) is 121 cm³/mol. The number of piperidine rings is 1. The van der Waals surface area contributed by atoms with E-state index in [0.29, 0.717) is 6.54 Å². The van der Waals surface area contributed by atoms with Crippen LogP contribution in [-0.2, 0) is 11.2 Å². The van der Waals surface area contributed by atoms with Gasteiger partial charge < -0.3 is 4.90 Å². The molecule has 6 heteroatoms. The van der Waals surface area contributed by atoms with Crippen LogP contribution in [0.15, 0.2) is 55.0 Å². The smallest absolute Gasteiger partial charge is 0.241 e. The summed E-state index contributed by atoms with van der Waals surface area (Å²) in [5.41, 5.74) is 5.59. The minimum absolute atomic E-state index is 0.193. The van der Waals surface area contributed by atoms with Crippen LogP contribution >= 0.6 is 0 Å². The fourth-order valence-corrected chi connectivity index (χ4v) is 4.85. The molecule has 1 unspecified atom stereocenters. The summed E-state index contributed by atoms with van der Waals surface area (Å²) in [6.45, 7) is 4.98. The molecule has 0 N–H and O–H groups in total. The Morgan fingerprint density at radius 3 is 2.84 bits per heavy atom. The van der Waals surface area contributed by atoms with Gasteiger partial charge >= 0.3 is 0 Å². The van der Waals surface area contributed by atoms with Crippen molar-refractivity contribution in [2.45, 2.75) is 32.1 Å². The number of hydrogen-bond acceptors (Lipinski definition) is 5. The zero-order valence-corrected chi connectivity index (χ0v) is 17.9. The zero-order chi connectivity index (χ0) is 21.2. The number of para-hydroxylation sites is 1. The third kappa shape index (κ3) is 4.08. The molecule has 2 aromatic heterocycles. The normalized spacial score (nSPS) is 18.7. The van der Waals surface area contributed by atoms with E-state index in [9.17, 15) is 4.79 Å². The highest BCUT2D eigenvalue weighted by molar-refractivity contribution is 5.96. The highest BCUT2D eigenvalue weighted by Crippen LogP contribution is 2.33. The van der Waals surface area contributed by atoms with Crippen LogP contribution in [0.1, 0.15) is 35.8 Å². The molecule has 0 bridgehead atoms. The van der Waals surface area contributed by atoms with Crippen LogP contribution < -0.4 is 4.90 Å². The summed E-state index contributed by atoms with van der Waals surface area (Å²) in [4.78, 5) is 30.8. The van der Waals surface area contributed by atoms with Crippen molar-refractivity contribution >= 4 is 11.6 Å². The van der Waals surface area contributed by atoms with Gasteiger partial charge in [-0.2, -0.15) is 0 Å².